The molecule has 9 nitrogen and oxygen atoms in total. The average Bonchev–Trinajstić information content (AvgIpc) is 2.65. The lowest BCUT2D eigenvalue weighted by atomic mass is 9.89. The van der Waals surface area contributed by atoms with Crippen LogP contribution >= 0.6 is 0 Å². The highest BCUT2D eigenvalue weighted by atomic mass is 16.4. The van der Waals surface area contributed by atoms with Gasteiger partial charge in [-0.25, -0.2) is 9.59 Å². The van der Waals surface area contributed by atoms with Gasteiger partial charge in [-0.3, -0.25) is 14.5 Å². The lowest BCUT2D eigenvalue weighted by Gasteiger charge is -2.28. The Labute approximate surface area is 159 Å². The summed E-state index contributed by atoms with van der Waals surface area (Å²) >= 11 is 0. The molecule has 0 bridgehead atoms. The molecule has 6 N–H and O–H groups in total. The number of aromatic carboxylic acids is 2. The van der Waals surface area contributed by atoms with Crippen molar-refractivity contribution in [1.82, 2.24) is 4.90 Å². The summed E-state index contributed by atoms with van der Waals surface area (Å²) in [5, 5.41) is 19.0. The van der Waals surface area contributed by atoms with Crippen molar-refractivity contribution in [3.05, 3.63) is 40.5 Å². The quantitative estimate of drug-likeness (QED) is 0.317. The molecule has 1 aliphatic heterocycles. The van der Waals surface area contributed by atoms with Crippen LogP contribution in [0.1, 0.15) is 60.7 Å². The molecule has 0 unspecified atom stereocenters. The Bertz CT molecular complexity index is 1010. The molecule has 2 aromatic rings. The van der Waals surface area contributed by atoms with E-state index in [2.05, 4.69) is 0 Å². The van der Waals surface area contributed by atoms with Crippen LogP contribution in [0.4, 0.5) is 5.69 Å². The number of benzene rings is 2. The zero-order valence-electron chi connectivity index (χ0n) is 14.9. The van der Waals surface area contributed by atoms with E-state index in [9.17, 15) is 29.4 Å². The number of hydrogen-bond acceptors (Lipinski definition) is 6. The van der Waals surface area contributed by atoms with Crippen LogP contribution in [-0.2, 0) is 0 Å². The minimum atomic E-state index is -1.35. The molecule has 0 aliphatic carbocycles. The number of nitrogen functional groups attached to an aromatic ring is 1. The summed E-state index contributed by atoms with van der Waals surface area (Å²) in [4.78, 5) is 49.9. The van der Waals surface area contributed by atoms with Crippen molar-refractivity contribution < 1.29 is 29.4 Å². The molecule has 9 heteroatoms. The first-order valence-corrected chi connectivity index (χ1v) is 8.71. The first-order chi connectivity index (χ1) is 13.3. The summed E-state index contributed by atoms with van der Waals surface area (Å²) < 4.78 is 0. The van der Waals surface area contributed by atoms with E-state index in [1.807, 2.05) is 0 Å². The number of carbonyl (C=O) groups excluding carboxylic acids is 2. The van der Waals surface area contributed by atoms with Crippen LogP contribution in [-0.4, -0.2) is 52.0 Å². The molecule has 2 aromatic carbocycles. The molecule has 0 radical (unpaired) electrons. The van der Waals surface area contributed by atoms with Crippen LogP contribution in [0.3, 0.4) is 0 Å². The van der Waals surface area contributed by atoms with Crippen molar-refractivity contribution in [2.45, 2.75) is 19.3 Å². The van der Waals surface area contributed by atoms with E-state index in [4.69, 9.17) is 11.5 Å². The highest BCUT2D eigenvalue weighted by Gasteiger charge is 2.35. The standard InChI is InChI=1S/C19H19N3O6/c20-4-2-1-3-5-22-16(23)11-7-9(18(25)26)6-10-14(11)12(17(22)24)8-13(15(10)21)19(27)28/h6-8H,1-5,20-21H2,(H,25,26)(H,27,28). The van der Waals surface area contributed by atoms with Crippen LogP contribution in [0.25, 0.3) is 10.8 Å². The number of rotatable bonds is 7. The van der Waals surface area contributed by atoms with Gasteiger partial charge in [0.1, 0.15) is 0 Å². The number of imide groups is 1. The highest BCUT2D eigenvalue weighted by molar-refractivity contribution is 6.28. The summed E-state index contributed by atoms with van der Waals surface area (Å²) in [6.45, 7) is 0.621. The number of unbranched alkanes of at least 4 members (excludes halogenated alkanes) is 2. The molecule has 0 saturated heterocycles. The third-order valence-corrected chi connectivity index (χ3v) is 4.79. The first-order valence-electron chi connectivity index (χ1n) is 8.71. The molecule has 0 saturated carbocycles. The second-order valence-corrected chi connectivity index (χ2v) is 6.55. The SMILES string of the molecule is NCCCCCN1C(=O)c2cc(C(=O)O)cc3c(N)c(C(=O)O)cc(c23)C1=O. The van der Waals surface area contributed by atoms with Crippen molar-refractivity contribution in [2.24, 2.45) is 5.73 Å². The summed E-state index contributed by atoms with van der Waals surface area (Å²) in [5.74, 6) is -3.89. The van der Waals surface area contributed by atoms with Gasteiger partial charge in [-0.15, -0.1) is 0 Å². The second kappa shape index (κ2) is 7.28. The van der Waals surface area contributed by atoms with Gasteiger partial charge in [0.2, 0.25) is 0 Å². The fourth-order valence-corrected chi connectivity index (χ4v) is 3.40. The lowest BCUT2D eigenvalue weighted by molar-refractivity contribution is 0.0607. The number of amides is 2. The van der Waals surface area contributed by atoms with Crippen LogP contribution in [0.2, 0.25) is 0 Å². The molecule has 0 atom stereocenters. The number of carbonyl (C=O) groups is 4. The summed E-state index contributed by atoms with van der Waals surface area (Å²) in [6.07, 6.45) is 1.99. The second-order valence-electron chi connectivity index (χ2n) is 6.55. The van der Waals surface area contributed by atoms with Crippen LogP contribution < -0.4 is 11.5 Å². The summed E-state index contributed by atoms with van der Waals surface area (Å²) in [7, 11) is 0. The third kappa shape index (κ3) is 3.05. The van der Waals surface area contributed by atoms with Gasteiger partial charge in [-0.2, -0.15) is 0 Å². The van der Waals surface area contributed by atoms with Crippen molar-refractivity contribution >= 4 is 40.2 Å². The maximum absolute atomic E-state index is 12.9. The van der Waals surface area contributed by atoms with Crippen molar-refractivity contribution in [2.75, 3.05) is 18.8 Å². The van der Waals surface area contributed by atoms with Crippen LogP contribution in [0, 0.1) is 0 Å². The number of carboxylic acids is 2. The number of carboxylic acid groups (broad SMARTS) is 2. The molecule has 0 aromatic heterocycles. The van der Waals surface area contributed by atoms with Gasteiger partial charge in [-0.05, 0) is 37.6 Å². The predicted molar refractivity (Wildman–Crippen MR) is 101 cm³/mol. The van der Waals surface area contributed by atoms with Gasteiger partial charge in [0.25, 0.3) is 11.8 Å². The minimum Gasteiger partial charge on any atom is -0.478 e. The molecule has 1 heterocycles. The van der Waals surface area contributed by atoms with E-state index in [0.717, 1.165) is 17.4 Å². The molecule has 3 rings (SSSR count). The largest absolute Gasteiger partial charge is 0.478 e. The van der Waals surface area contributed by atoms with E-state index in [1.165, 1.54) is 12.1 Å². The van der Waals surface area contributed by atoms with Gasteiger partial charge >= 0.3 is 11.9 Å². The van der Waals surface area contributed by atoms with Gasteiger partial charge in [0, 0.05) is 28.4 Å². The summed E-state index contributed by atoms with van der Waals surface area (Å²) in [6, 6.07) is 3.52. The Kier molecular flexibility index (Phi) is 5.02. The molecular formula is C19H19N3O6. The van der Waals surface area contributed by atoms with E-state index in [1.54, 1.807) is 0 Å². The van der Waals surface area contributed by atoms with Crippen molar-refractivity contribution in [3.8, 4) is 0 Å². The zero-order chi connectivity index (χ0) is 20.6. The van der Waals surface area contributed by atoms with Gasteiger partial charge in [-0.1, -0.05) is 6.42 Å². The Morgan fingerprint density at radius 1 is 0.929 bits per heavy atom. The van der Waals surface area contributed by atoms with Gasteiger partial charge < -0.3 is 21.7 Å². The van der Waals surface area contributed by atoms with Crippen LogP contribution in [0.15, 0.2) is 18.2 Å². The summed E-state index contributed by atoms with van der Waals surface area (Å²) in [5.41, 5.74) is 10.7. The van der Waals surface area contributed by atoms with E-state index < -0.39 is 23.8 Å². The minimum absolute atomic E-state index is 0.0203. The lowest BCUT2D eigenvalue weighted by Crippen LogP contribution is -2.41. The molecule has 0 fully saturated rings. The van der Waals surface area contributed by atoms with Gasteiger partial charge in [0.15, 0.2) is 0 Å². The first kappa shape index (κ1) is 19.3. The number of nitrogens with zero attached hydrogens (tertiary/aromatic N) is 1. The Balaban J connectivity index is 2.23. The topological polar surface area (TPSA) is 164 Å². The average molecular weight is 385 g/mol. The molecule has 1 aliphatic rings. The van der Waals surface area contributed by atoms with Crippen LogP contribution in [0.5, 0.6) is 0 Å². The molecule has 0 spiro atoms. The third-order valence-electron chi connectivity index (χ3n) is 4.79. The van der Waals surface area contributed by atoms with E-state index in [-0.39, 0.29) is 45.3 Å². The zero-order valence-corrected chi connectivity index (χ0v) is 14.9. The fraction of sp³-hybridized carbons (Fsp3) is 0.263. The Morgan fingerprint density at radius 2 is 1.57 bits per heavy atom. The Hall–Kier alpha value is -3.46. The molecule has 2 amide bonds. The van der Waals surface area contributed by atoms with E-state index >= 15 is 0 Å². The maximum Gasteiger partial charge on any atom is 0.337 e. The highest BCUT2D eigenvalue weighted by Crippen LogP contribution is 2.36. The maximum atomic E-state index is 12.9. The molecular weight excluding hydrogens is 366 g/mol. The number of hydrogen-bond donors (Lipinski definition) is 4. The van der Waals surface area contributed by atoms with Gasteiger partial charge in [0.05, 0.1) is 16.8 Å². The smallest absolute Gasteiger partial charge is 0.337 e. The number of anilines is 1. The molecule has 28 heavy (non-hydrogen) atoms. The Morgan fingerprint density at radius 3 is 2.14 bits per heavy atom. The normalized spacial score (nSPS) is 13.2. The number of nitrogens with two attached hydrogens (primary N) is 2. The van der Waals surface area contributed by atoms with E-state index in [0.29, 0.717) is 19.4 Å². The predicted octanol–water partition coefficient (Wildman–Crippen LogP) is 1.54. The fourth-order valence-electron chi connectivity index (χ4n) is 3.40. The van der Waals surface area contributed by atoms with Crippen molar-refractivity contribution in [1.29, 1.82) is 0 Å². The molecule has 146 valence electrons. The monoisotopic (exact) mass is 385 g/mol. The van der Waals surface area contributed by atoms with Crippen molar-refractivity contribution in [3.63, 3.8) is 0 Å².